The van der Waals surface area contributed by atoms with Gasteiger partial charge in [-0.2, -0.15) is 0 Å². The van der Waals surface area contributed by atoms with Gasteiger partial charge in [-0.3, -0.25) is 0 Å². The number of benzene rings is 1. The predicted molar refractivity (Wildman–Crippen MR) is 58.7 cm³/mol. The lowest BCUT2D eigenvalue weighted by Crippen LogP contribution is -2.01. The zero-order valence-corrected chi connectivity index (χ0v) is 9.27. The van der Waals surface area contributed by atoms with Gasteiger partial charge in [-0.05, 0) is 30.7 Å². The third kappa shape index (κ3) is 2.21. The number of hydrogen-bond acceptors (Lipinski definition) is 2. The second-order valence-corrected chi connectivity index (χ2v) is 3.70. The van der Waals surface area contributed by atoms with E-state index >= 15 is 0 Å². The largest absolute Gasteiger partial charge is 0.487 e. The number of imidazole rings is 1. The molecule has 0 fully saturated rings. The van der Waals surface area contributed by atoms with Crippen LogP contribution in [0.4, 0.5) is 4.39 Å². The van der Waals surface area contributed by atoms with Crippen LogP contribution in [0.1, 0.15) is 11.3 Å². The van der Waals surface area contributed by atoms with Crippen molar-refractivity contribution >= 4 is 0 Å². The molecule has 4 heteroatoms. The van der Waals surface area contributed by atoms with E-state index < -0.39 is 0 Å². The van der Waals surface area contributed by atoms with E-state index in [0.29, 0.717) is 17.9 Å². The highest BCUT2D eigenvalue weighted by molar-refractivity contribution is 5.28. The van der Waals surface area contributed by atoms with Gasteiger partial charge in [0.1, 0.15) is 18.2 Å². The van der Waals surface area contributed by atoms with Gasteiger partial charge in [0.15, 0.2) is 0 Å². The van der Waals surface area contributed by atoms with Gasteiger partial charge in [-0.1, -0.05) is 0 Å². The third-order valence-corrected chi connectivity index (χ3v) is 2.43. The lowest BCUT2D eigenvalue weighted by molar-refractivity contribution is 0.296. The quantitative estimate of drug-likeness (QED) is 0.794. The number of rotatable bonds is 3. The van der Waals surface area contributed by atoms with Crippen molar-refractivity contribution in [3.8, 4) is 5.75 Å². The SMILES string of the molecule is Cc1cc(OCc2cncn2C)ccc1F. The van der Waals surface area contributed by atoms with Crippen molar-refractivity contribution in [2.45, 2.75) is 13.5 Å². The van der Waals surface area contributed by atoms with Gasteiger partial charge in [0.25, 0.3) is 0 Å². The van der Waals surface area contributed by atoms with Gasteiger partial charge < -0.3 is 9.30 Å². The summed E-state index contributed by atoms with van der Waals surface area (Å²) in [5.74, 6) is 0.452. The van der Waals surface area contributed by atoms with Crippen molar-refractivity contribution in [2.75, 3.05) is 0 Å². The molecular formula is C12H13FN2O. The first-order chi connectivity index (χ1) is 7.66. The zero-order valence-electron chi connectivity index (χ0n) is 9.27. The number of ether oxygens (including phenoxy) is 1. The summed E-state index contributed by atoms with van der Waals surface area (Å²) in [4.78, 5) is 3.99. The monoisotopic (exact) mass is 220 g/mol. The molecule has 0 amide bonds. The van der Waals surface area contributed by atoms with Crippen LogP contribution in [-0.4, -0.2) is 9.55 Å². The predicted octanol–water partition coefficient (Wildman–Crippen LogP) is 2.45. The molecule has 0 saturated carbocycles. The molecule has 0 N–H and O–H groups in total. The summed E-state index contributed by atoms with van der Waals surface area (Å²) in [6.07, 6.45) is 3.46. The van der Waals surface area contributed by atoms with Crippen LogP contribution in [0.2, 0.25) is 0 Å². The number of aryl methyl sites for hydroxylation is 2. The average Bonchev–Trinajstić information content (AvgIpc) is 2.66. The Morgan fingerprint density at radius 3 is 2.88 bits per heavy atom. The topological polar surface area (TPSA) is 27.1 Å². The molecule has 0 spiro atoms. The molecule has 0 radical (unpaired) electrons. The van der Waals surface area contributed by atoms with Crippen LogP contribution in [0.15, 0.2) is 30.7 Å². The summed E-state index contributed by atoms with van der Waals surface area (Å²) in [6, 6.07) is 4.72. The molecule has 1 aromatic carbocycles. The van der Waals surface area contributed by atoms with Crippen LogP contribution < -0.4 is 4.74 Å². The summed E-state index contributed by atoms with van der Waals surface area (Å²) in [5, 5.41) is 0. The molecule has 0 bridgehead atoms. The second kappa shape index (κ2) is 4.35. The summed E-state index contributed by atoms with van der Waals surface area (Å²) >= 11 is 0. The molecule has 2 aromatic rings. The normalized spacial score (nSPS) is 10.4. The molecule has 1 heterocycles. The highest BCUT2D eigenvalue weighted by atomic mass is 19.1. The van der Waals surface area contributed by atoms with Crippen molar-refractivity contribution in [1.29, 1.82) is 0 Å². The Hall–Kier alpha value is -1.84. The molecule has 0 unspecified atom stereocenters. The van der Waals surface area contributed by atoms with Crippen molar-refractivity contribution in [3.63, 3.8) is 0 Å². The molecule has 84 valence electrons. The first-order valence-electron chi connectivity index (χ1n) is 5.01. The molecule has 0 atom stereocenters. The first-order valence-corrected chi connectivity index (χ1v) is 5.01. The summed E-state index contributed by atoms with van der Waals surface area (Å²) < 4.78 is 20.4. The molecule has 0 aliphatic carbocycles. The van der Waals surface area contributed by atoms with Gasteiger partial charge in [0, 0.05) is 7.05 Å². The van der Waals surface area contributed by atoms with Crippen LogP contribution in [0.5, 0.6) is 5.75 Å². The molecule has 2 rings (SSSR count). The molecule has 3 nitrogen and oxygen atoms in total. The molecular weight excluding hydrogens is 207 g/mol. The highest BCUT2D eigenvalue weighted by Crippen LogP contribution is 2.17. The van der Waals surface area contributed by atoms with Crippen molar-refractivity contribution in [3.05, 3.63) is 47.8 Å². The Morgan fingerprint density at radius 1 is 1.44 bits per heavy atom. The number of halogens is 1. The van der Waals surface area contributed by atoms with E-state index in [0.717, 1.165) is 5.69 Å². The first kappa shape index (κ1) is 10.7. The van der Waals surface area contributed by atoms with Crippen LogP contribution in [0, 0.1) is 12.7 Å². The van der Waals surface area contributed by atoms with Crippen LogP contribution in [0.3, 0.4) is 0 Å². The fourth-order valence-electron chi connectivity index (χ4n) is 1.39. The molecule has 0 aliphatic heterocycles. The van der Waals surface area contributed by atoms with E-state index in [-0.39, 0.29) is 5.82 Å². The Morgan fingerprint density at radius 2 is 2.25 bits per heavy atom. The highest BCUT2D eigenvalue weighted by Gasteiger charge is 2.02. The summed E-state index contributed by atoms with van der Waals surface area (Å²) in [7, 11) is 1.90. The second-order valence-electron chi connectivity index (χ2n) is 3.70. The van der Waals surface area contributed by atoms with E-state index in [9.17, 15) is 4.39 Å². The Labute approximate surface area is 93.5 Å². The van der Waals surface area contributed by atoms with E-state index in [1.807, 2.05) is 11.6 Å². The van der Waals surface area contributed by atoms with Gasteiger partial charge >= 0.3 is 0 Å². The molecule has 1 aromatic heterocycles. The molecule has 16 heavy (non-hydrogen) atoms. The van der Waals surface area contributed by atoms with Crippen molar-refractivity contribution in [2.24, 2.45) is 7.05 Å². The van der Waals surface area contributed by atoms with Gasteiger partial charge in [-0.25, -0.2) is 9.37 Å². The Bertz CT molecular complexity index is 494. The van der Waals surface area contributed by atoms with Crippen LogP contribution in [0.25, 0.3) is 0 Å². The van der Waals surface area contributed by atoms with Crippen molar-refractivity contribution in [1.82, 2.24) is 9.55 Å². The van der Waals surface area contributed by atoms with Gasteiger partial charge in [0.2, 0.25) is 0 Å². The molecule has 0 saturated heterocycles. The minimum Gasteiger partial charge on any atom is -0.487 e. The third-order valence-electron chi connectivity index (χ3n) is 2.43. The lowest BCUT2D eigenvalue weighted by atomic mass is 10.2. The maximum Gasteiger partial charge on any atom is 0.130 e. The number of nitrogens with zero attached hydrogens (tertiary/aromatic N) is 2. The fourth-order valence-corrected chi connectivity index (χ4v) is 1.39. The average molecular weight is 220 g/mol. The summed E-state index contributed by atoms with van der Waals surface area (Å²) in [5.41, 5.74) is 1.56. The van der Waals surface area contributed by atoms with Crippen LogP contribution in [-0.2, 0) is 13.7 Å². The minimum atomic E-state index is -0.215. The Balaban J connectivity index is 2.05. The van der Waals surface area contributed by atoms with E-state index in [2.05, 4.69) is 4.98 Å². The van der Waals surface area contributed by atoms with Gasteiger partial charge in [-0.15, -0.1) is 0 Å². The van der Waals surface area contributed by atoms with Gasteiger partial charge in [0.05, 0.1) is 18.2 Å². The molecule has 0 aliphatic rings. The van der Waals surface area contributed by atoms with Crippen LogP contribution >= 0.6 is 0 Å². The number of aromatic nitrogens is 2. The van der Waals surface area contributed by atoms with E-state index in [4.69, 9.17) is 4.74 Å². The van der Waals surface area contributed by atoms with E-state index in [1.54, 1.807) is 31.6 Å². The minimum absolute atomic E-state index is 0.215. The van der Waals surface area contributed by atoms with E-state index in [1.165, 1.54) is 6.07 Å². The maximum absolute atomic E-state index is 13.0. The number of hydrogen-bond donors (Lipinski definition) is 0. The smallest absolute Gasteiger partial charge is 0.130 e. The zero-order chi connectivity index (χ0) is 11.5. The van der Waals surface area contributed by atoms with Crippen molar-refractivity contribution < 1.29 is 9.13 Å². The maximum atomic E-state index is 13.0. The summed E-state index contributed by atoms with van der Waals surface area (Å²) in [6.45, 7) is 2.15. The Kier molecular flexibility index (Phi) is 2.90. The lowest BCUT2D eigenvalue weighted by Gasteiger charge is -2.07. The standard InChI is InChI=1S/C12H13FN2O/c1-9-5-11(3-4-12(9)13)16-7-10-6-14-8-15(10)2/h3-6,8H,7H2,1-2H3. The fraction of sp³-hybridized carbons (Fsp3) is 0.250.